The summed E-state index contributed by atoms with van der Waals surface area (Å²) in [6.07, 6.45) is 5.60. The fraction of sp³-hybridized carbons (Fsp3) is 0.400. The van der Waals surface area contributed by atoms with Crippen molar-refractivity contribution in [2.24, 2.45) is 5.10 Å². The van der Waals surface area contributed by atoms with Crippen molar-refractivity contribution in [2.45, 2.75) is 56.9 Å². The van der Waals surface area contributed by atoms with E-state index in [4.69, 9.17) is 0 Å². The van der Waals surface area contributed by atoms with Crippen LogP contribution < -0.4 is 5.43 Å². The molecule has 0 aliphatic heterocycles. The van der Waals surface area contributed by atoms with Crippen LogP contribution in [0, 0.1) is 13.8 Å². The van der Waals surface area contributed by atoms with Crippen molar-refractivity contribution in [1.82, 2.24) is 15.4 Å². The van der Waals surface area contributed by atoms with Crippen LogP contribution in [0.25, 0.3) is 0 Å². The van der Waals surface area contributed by atoms with Gasteiger partial charge in [0.2, 0.25) is 0 Å². The highest BCUT2D eigenvalue weighted by Crippen LogP contribution is 2.20. The summed E-state index contributed by atoms with van der Waals surface area (Å²) < 4.78 is 0. The summed E-state index contributed by atoms with van der Waals surface area (Å²) >= 11 is 1.60. The Hall–Kier alpha value is -2.21. The number of thioether (sulfide) groups is 1. The topological polar surface area (TPSA) is 67.2 Å². The fourth-order valence-corrected chi connectivity index (χ4v) is 3.83. The first-order valence-electron chi connectivity index (χ1n) is 9.00. The van der Waals surface area contributed by atoms with Crippen molar-refractivity contribution < 1.29 is 4.79 Å². The van der Waals surface area contributed by atoms with Gasteiger partial charge in [0.25, 0.3) is 5.91 Å². The van der Waals surface area contributed by atoms with Crippen LogP contribution in [0.15, 0.2) is 40.6 Å². The number of carbonyl (C=O) groups is 1. The second-order valence-corrected chi connectivity index (χ2v) is 7.54. The molecule has 1 saturated carbocycles. The van der Waals surface area contributed by atoms with Gasteiger partial charge in [-0.3, -0.25) is 4.79 Å². The molecule has 1 aromatic heterocycles. The van der Waals surface area contributed by atoms with E-state index in [1.807, 2.05) is 44.2 Å². The quantitative estimate of drug-likeness (QED) is 0.481. The molecule has 3 rings (SSSR count). The fourth-order valence-electron chi connectivity index (χ4n) is 2.92. The molecule has 0 bridgehead atoms. The van der Waals surface area contributed by atoms with Crippen LogP contribution in [0.3, 0.4) is 0 Å². The molecule has 136 valence electrons. The van der Waals surface area contributed by atoms with Gasteiger partial charge in [-0.15, -0.1) is 0 Å². The number of nitrogens with zero attached hydrogens (tertiary/aromatic N) is 3. The minimum absolute atomic E-state index is 0.153. The van der Waals surface area contributed by atoms with E-state index in [0.29, 0.717) is 5.56 Å². The minimum Gasteiger partial charge on any atom is -0.267 e. The number of aromatic nitrogens is 2. The molecule has 1 N–H and O–H groups in total. The van der Waals surface area contributed by atoms with Crippen LogP contribution in [0.5, 0.6) is 0 Å². The summed E-state index contributed by atoms with van der Waals surface area (Å²) in [5.41, 5.74) is 7.50. The molecule has 1 amide bonds. The number of aryl methyl sites for hydroxylation is 2. The van der Waals surface area contributed by atoms with Crippen LogP contribution in [-0.4, -0.2) is 21.6 Å². The highest BCUT2D eigenvalue weighted by Gasteiger charge is 2.09. The summed E-state index contributed by atoms with van der Waals surface area (Å²) in [6.45, 7) is 3.95. The second-order valence-electron chi connectivity index (χ2n) is 6.60. The number of rotatable bonds is 5. The van der Waals surface area contributed by atoms with E-state index in [-0.39, 0.29) is 5.91 Å². The van der Waals surface area contributed by atoms with Gasteiger partial charge >= 0.3 is 0 Å². The molecule has 0 saturated heterocycles. The Kier molecular flexibility index (Phi) is 6.39. The third-order valence-electron chi connectivity index (χ3n) is 4.29. The molecule has 0 unspecified atom stereocenters. The van der Waals surface area contributed by atoms with Gasteiger partial charge in [-0.25, -0.2) is 15.4 Å². The number of amides is 1. The predicted octanol–water partition coefficient (Wildman–Crippen LogP) is 4.44. The Morgan fingerprint density at radius 1 is 1.08 bits per heavy atom. The zero-order valence-corrected chi connectivity index (χ0v) is 16.1. The standard InChI is InChI=1S/C20H24N4OS/c1-14-12-15(2)22-20(21-14)26-13-16-8-10-17(11-9-16)19(25)24-23-18-6-4-3-5-7-18/h8-12H,3-7,13H2,1-2H3,(H,24,25). The molecule has 1 aliphatic rings. The minimum atomic E-state index is -0.153. The van der Waals surface area contributed by atoms with E-state index >= 15 is 0 Å². The average molecular weight is 369 g/mol. The SMILES string of the molecule is Cc1cc(C)nc(SCc2ccc(C(=O)NN=C3CCCCC3)cc2)n1. The molecule has 1 heterocycles. The summed E-state index contributed by atoms with van der Waals surface area (Å²) in [5, 5.41) is 5.06. The average Bonchev–Trinajstić information content (AvgIpc) is 2.65. The highest BCUT2D eigenvalue weighted by molar-refractivity contribution is 7.98. The van der Waals surface area contributed by atoms with Gasteiger partial charge in [0.05, 0.1) is 0 Å². The molecular formula is C20H24N4OS. The van der Waals surface area contributed by atoms with Gasteiger partial charge in [-0.1, -0.05) is 30.3 Å². The molecular weight excluding hydrogens is 344 g/mol. The van der Waals surface area contributed by atoms with Crippen molar-refractivity contribution in [1.29, 1.82) is 0 Å². The Morgan fingerprint density at radius 3 is 2.38 bits per heavy atom. The lowest BCUT2D eigenvalue weighted by Crippen LogP contribution is -2.20. The normalized spacial score (nSPS) is 14.2. The molecule has 6 heteroatoms. The van der Waals surface area contributed by atoms with Crippen LogP contribution in [0.1, 0.15) is 59.4 Å². The maximum absolute atomic E-state index is 12.2. The molecule has 0 radical (unpaired) electrons. The van der Waals surface area contributed by atoms with Gasteiger partial charge in [0, 0.05) is 28.4 Å². The van der Waals surface area contributed by atoms with Crippen molar-refractivity contribution >= 4 is 23.4 Å². The van der Waals surface area contributed by atoms with Gasteiger partial charge in [0.1, 0.15) is 0 Å². The van der Waals surface area contributed by atoms with E-state index < -0.39 is 0 Å². The number of carbonyl (C=O) groups excluding carboxylic acids is 1. The largest absolute Gasteiger partial charge is 0.271 e. The smallest absolute Gasteiger partial charge is 0.267 e. The van der Waals surface area contributed by atoms with E-state index in [1.165, 1.54) is 19.3 Å². The molecule has 0 spiro atoms. The van der Waals surface area contributed by atoms with Crippen molar-refractivity contribution in [3.05, 3.63) is 52.8 Å². The monoisotopic (exact) mass is 368 g/mol. The van der Waals surface area contributed by atoms with Crippen molar-refractivity contribution in [3.8, 4) is 0 Å². The van der Waals surface area contributed by atoms with Gasteiger partial charge in [-0.05, 0) is 63.3 Å². The number of hydrogen-bond donors (Lipinski definition) is 1. The first kappa shape index (κ1) is 18.6. The van der Waals surface area contributed by atoms with E-state index in [0.717, 1.165) is 46.4 Å². The van der Waals surface area contributed by atoms with E-state index in [2.05, 4.69) is 20.5 Å². The lowest BCUT2D eigenvalue weighted by atomic mass is 9.99. The number of hydrazone groups is 1. The Labute approximate surface area is 158 Å². The third-order valence-corrected chi connectivity index (χ3v) is 5.21. The molecule has 5 nitrogen and oxygen atoms in total. The predicted molar refractivity (Wildman–Crippen MR) is 105 cm³/mol. The van der Waals surface area contributed by atoms with Crippen molar-refractivity contribution in [3.63, 3.8) is 0 Å². The number of benzene rings is 1. The van der Waals surface area contributed by atoms with Gasteiger partial charge in [0.15, 0.2) is 5.16 Å². The zero-order valence-electron chi connectivity index (χ0n) is 15.3. The lowest BCUT2D eigenvalue weighted by Gasteiger charge is -2.12. The lowest BCUT2D eigenvalue weighted by molar-refractivity contribution is 0.0954. The Balaban J connectivity index is 1.54. The molecule has 26 heavy (non-hydrogen) atoms. The summed E-state index contributed by atoms with van der Waals surface area (Å²) in [4.78, 5) is 21.1. The second kappa shape index (κ2) is 8.94. The summed E-state index contributed by atoms with van der Waals surface area (Å²) in [5.74, 6) is 0.618. The van der Waals surface area contributed by atoms with Crippen LogP contribution in [-0.2, 0) is 5.75 Å². The molecule has 1 aromatic carbocycles. The summed E-state index contributed by atoms with van der Waals surface area (Å²) in [7, 11) is 0. The summed E-state index contributed by atoms with van der Waals surface area (Å²) in [6, 6.07) is 9.59. The first-order chi connectivity index (χ1) is 12.6. The van der Waals surface area contributed by atoms with Crippen LogP contribution in [0.2, 0.25) is 0 Å². The van der Waals surface area contributed by atoms with Gasteiger partial charge < -0.3 is 0 Å². The van der Waals surface area contributed by atoms with E-state index in [1.54, 1.807) is 11.8 Å². The third kappa shape index (κ3) is 5.39. The number of nitrogens with one attached hydrogen (secondary N) is 1. The zero-order chi connectivity index (χ0) is 18.4. The highest BCUT2D eigenvalue weighted by atomic mass is 32.2. The number of hydrogen-bond acceptors (Lipinski definition) is 5. The van der Waals surface area contributed by atoms with Crippen LogP contribution in [0.4, 0.5) is 0 Å². The first-order valence-corrected chi connectivity index (χ1v) is 9.98. The van der Waals surface area contributed by atoms with Crippen molar-refractivity contribution in [2.75, 3.05) is 0 Å². The van der Waals surface area contributed by atoms with Crippen LogP contribution >= 0.6 is 11.8 Å². The molecule has 0 atom stereocenters. The Morgan fingerprint density at radius 2 is 1.73 bits per heavy atom. The molecule has 2 aromatic rings. The maximum Gasteiger partial charge on any atom is 0.271 e. The molecule has 1 fully saturated rings. The maximum atomic E-state index is 12.2. The van der Waals surface area contributed by atoms with Gasteiger partial charge in [-0.2, -0.15) is 5.10 Å². The molecule has 1 aliphatic carbocycles. The van der Waals surface area contributed by atoms with E-state index in [9.17, 15) is 4.79 Å². The Bertz CT molecular complexity index is 774.